The summed E-state index contributed by atoms with van der Waals surface area (Å²) in [7, 11) is 0. The van der Waals surface area contributed by atoms with Gasteiger partial charge in [-0.25, -0.2) is 0 Å². The van der Waals surface area contributed by atoms with E-state index in [-0.39, 0.29) is 0 Å². The van der Waals surface area contributed by atoms with E-state index < -0.39 is 0 Å². The molecule has 0 aromatic carbocycles. The van der Waals surface area contributed by atoms with Crippen molar-refractivity contribution in [1.82, 2.24) is 0 Å². The van der Waals surface area contributed by atoms with Crippen LogP contribution in [0.2, 0.25) is 0 Å². The van der Waals surface area contributed by atoms with E-state index in [1.807, 2.05) is 0 Å². The van der Waals surface area contributed by atoms with E-state index in [1.165, 1.54) is 38.5 Å². The quantitative estimate of drug-likeness (QED) is 0.526. The second kappa shape index (κ2) is 6.51. The number of hydrogen-bond acceptors (Lipinski definition) is 0. The summed E-state index contributed by atoms with van der Waals surface area (Å²) in [5, 5.41) is 0. The van der Waals surface area contributed by atoms with Gasteiger partial charge in [-0.15, -0.1) is 0 Å². The van der Waals surface area contributed by atoms with E-state index in [4.69, 9.17) is 0 Å². The van der Waals surface area contributed by atoms with E-state index in [2.05, 4.69) is 34.1 Å². The predicted molar refractivity (Wildman–Crippen MR) is 56.1 cm³/mol. The molecule has 0 amide bonds. The van der Waals surface area contributed by atoms with Crippen LogP contribution < -0.4 is 0 Å². The molecule has 2 radical (unpaired) electrons. The van der Waals surface area contributed by atoms with Crippen LogP contribution in [0.25, 0.3) is 0 Å². The third-order valence-electron chi connectivity index (χ3n) is 2.77. The minimum Gasteiger partial charge on any atom is -0.0654 e. The third-order valence-corrected chi connectivity index (χ3v) is 2.77. The Morgan fingerprint density at radius 3 is 1.67 bits per heavy atom. The van der Waals surface area contributed by atoms with Gasteiger partial charge in [0.2, 0.25) is 0 Å². The van der Waals surface area contributed by atoms with Crippen molar-refractivity contribution in [3.8, 4) is 0 Å². The molecule has 0 heteroatoms. The van der Waals surface area contributed by atoms with E-state index in [1.54, 1.807) is 0 Å². The fraction of sp³-hybridized carbons (Fsp3) is 0.917. The van der Waals surface area contributed by atoms with Crippen molar-refractivity contribution >= 4 is 0 Å². The van der Waals surface area contributed by atoms with Crippen molar-refractivity contribution in [2.24, 2.45) is 5.41 Å². The van der Waals surface area contributed by atoms with E-state index in [0.29, 0.717) is 5.41 Å². The van der Waals surface area contributed by atoms with Gasteiger partial charge in [0, 0.05) is 0 Å². The molecular formula is C12H24. The van der Waals surface area contributed by atoms with Gasteiger partial charge in [0.15, 0.2) is 0 Å². The van der Waals surface area contributed by atoms with Gasteiger partial charge in [0.25, 0.3) is 0 Å². The van der Waals surface area contributed by atoms with Crippen LogP contribution in [-0.2, 0) is 0 Å². The summed E-state index contributed by atoms with van der Waals surface area (Å²) in [4.78, 5) is 0. The van der Waals surface area contributed by atoms with Gasteiger partial charge in [-0.1, -0.05) is 53.4 Å². The molecule has 0 aliphatic heterocycles. The summed E-state index contributed by atoms with van der Waals surface area (Å²) < 4.78 is 0. The largest absolute Gasteiger partial charge is 0.0654 e. The van der Waals surface area contributed by atoms with Crippen LogP contribution >= 0.6 is 0 Å². The molecule has 0 fully saturated rings. The van der Waals surface area contributed by atoms with Crippen LogP contribution in [-0.4, -0.2) is 0 Å². The molecule has 72 valence electrons. The van der Waals surface area contributed by atoms with Crippen LogP contribution in [0.15, 0.2) is 0 Å². The van der Waals surface area contributed by atoms with Gasteiger partial charge in [-0.05, 0) is 24.7 Å². The second-order valence-corrected chi connectivity index (χ2v) is 4.02. The van der Waals surface area contributed by atoms with Crippen LogP contribution in [0.1, 0.15) is 66.2 Å². The van der Waals surface area contributed by atoms with Crippen LogP contribution in [0.4, 0.5) is 0 Å². The molecule has 0 aromatic rings. The highest BCUT2D eigenvalue weighted by Crippen LogP contribution is 2.32. The van der Waals surface area contributed by atoms with E-state index in [9.17, 15) is 0 Å². The van der Waals surface area contributed by atoms with Crippen molar-refractivity contribution in [2.75, 3.05) is 0 Å². The number of rotatable bonds is 7. The Kier molecular flexibility index (Phi) is 6.51. The maximum absolute atomic E-state index is 3.45. The van der Waals surface area contributed by atoms with Crippen LogP contribution in [0, 0.1) is 11.8 Å². The van der Waals surface area contributed by atoms with Gasteiger partial charge in [-0.2, -0.15) is 0 Å². The Hall–Kier alpha value is 0. The first kappa shape index (κ1) is 12.0. The van der Waals surface area contributed by atoms with E-state index >= 15 is 0 Å². The summed E-state index contributed by atoms with van der Waals surface area (Å²) in [5.74, 6) is 0. The molecule has 0 nitrogen and oxygen atoms in total. The fourth-order valence-electron chi connectivity index (χ4n) is 1.51. The second-order valence-electron chi connectivity index (χ2n) is 4.02. The smallest absolute Gasteiger partial charge is 0.0143 e. The maximum atomic E-state index is 3.45. The summed E-state index contributed by atoms with van der Waals surface area (Å²) in [5.41, 5.74) is 0.395. The molecule has 0 unspecified atom stereocenters. The zero-order chi connectivity index (χ0) is 9.45. The van der Waals surface area contributed by atoms with E-state index in [0.717, 1.165) is 0 Å². The van der Waals surface area contributed by atoms with Crippen LogP contribution in [0.5, 0.6) is 0 Å². The van der Waals surface area contributed by atoms with Crippen LogP contribution in [0.3, 0.4) is 0 Å². The lowest BCUT2D eigenvalue weighted by molar-refractivity contribution is 0.309. The van der Waals surface area contributed by atoms with Crippen molar-refractivity contribution in [2.45, 2.75) is 66.2 Å². The topological polar surface area (TPSA) is 0 Å². The van der Waals surface area contributed by atoms with Crippen molar-refractivity contribution in [3.63, 3.8) is 0 Å². The average Bonchev–Trinajstić information content (AvgIpc) is 2.11. The number of unbranched alkanes of at least 4 members (excludes halogenated alkanes) is 2. The van der Waals surface area contributed by atoms with Gasteiger partial charge < -0.3 is 0 Å². The Balaban J connectivity index is 3.70. The number of hydrogen-bond donors (Lipinski definition) is 0. The summed E-state index contributed by atoms with van der Waals surface area (Å²) >= 11 is 0. The fourth-order valence-corrected chi connectivity index (χ4v) is 1.51. The Morgan fingerprint density at radius 1 is 1.00 bits per heavy atom. The molecule has 0 saturated carbocycles. The Bertz CT molecular complexity index is 86.2. The highest BCUT2D eigenvalue weighted by Gasteiger charge is 2.20. The highest BCUT2D eigenvalue weighted by molar-refractivity contribution is 4.84. The first-order valence-electron chi connectivity index (χ1n) is 5.37. The minimum atomic E-state index is 0.395. The molecule has 0 aromatic heterocycles. The molecule has 0 atom stereocenters. The molecule has 0 aliphatic carbocycles. The molecule has 0 spiro atoms. The van der Waals surface area contributed by atoms with Gasteiger partial charge in [-0.3, -0.25) is 0 Å². The summed E-state index contributed by atoms with van der Waals surface area (Å²) in [6, 6.07) is 0. The molecular weight excluding hydrogens is 144 g/mol. The minimum absolute atomic E-state index is 0.395. The lowest BCUT2D eigenvalue weighted by Crippen LogP contribution is -2.15. The maximum Gasteiger partial charge on any atom is -0.0143 e. The normalized spacial score (nSPS) is 12.0. The van der Waals surface area contributed by atoms with Gasteiger partial charge in [0.1, 0.15) is 0 Å². The standard InChI is InChI=1S/C12H24/c1-5-8-10-12(4,7-3)11-9-6-2/h5-6,8-11H2,1-4H3. The average molecular weight is 168 g/mol. The third kappa shape index (κ3) is 4.79. The molecule has 0 N–H and O–H groups in total. The van der Waals surface area contributed by atoms with Crippen molar-refractivity contribution in [1.29, 1.82) is 0 Å². The Labute approximate surface area is 78.8 Å². The molecule has 0 aliphatic rings. The Morgan fingerprint density at radius 2 is 1.42 bits per heavy atom. The lowest BCUT2D eigenvalue weighted by Gasteiger charge is -2.27. The lowest BCUT2D eigenvalue weighted by atomic mass is 9.78. The molecule has 0 heterocycles. The SMILES string of the molecule is C[C]C(C)(CCCC)CCCC. The first-order chi connectivity index (χ1) is 5.68. The molecule has 0 saturated heterocycles. The summed E-state index contributed by atoms with van der Waals surface area (Å²) in [6.45, 7) is 8.95. The zero-order valence-electron chi connectivity index (χ0n) is 9.24. The zero-order valence-corrected chi connectivity index (χ0v) is 9.24. The molecule has 0 bridgehead atoms. The van der Waals surface area contributed by atoms with Gasteiger partial charge >= 0.3 is 0 Å². The van der Waals surface area contributed by atoms with Gasteiger partial charge in [0.05, 0.1) is 0 Å². The predicted octanol–water partition coefficient (Wildman–Crippen LogP) is 4.47. The summed E-state index contributed by atoms with van der Waals surface area (Å²) in [6.07, 6.45) is 11.4. The monoisotopic (exact) mass is 168 g/mol. The van der Waals surface area contributed by atoms with Crippen molar-refractivity contribution in [3.05, 3.63) is 6.42 Å². The first-order valence-corrected chi connectivity index (χ1v) is 5.37. The molecule has 0 rings (SSSR count). The highest BCUT2D eigenvalue weighted by atomic mass is 14.2. The van der Waals surface area contributed by atoms with Crippen molar-refractivity contribution < 1.29 is 0 Å². The molecule has 12 heavy (non-hydrogen) atoms.